The molecule has 3 rings (SSSR count). The minimum atomic E-state index is -3.89. The number of aliphatic hydroxyl groups excluding tert-OH is 1. The zero-order valence-electron chi connectivity index (χ0n) is 16.1. The molecule has 0 aromatic heterocycles. The molecule has 152 valence electrons. The zero-order chi connectivity index (χ0) is 20.7. The second-order valence-electron chi connectivity index (χ2n) is 6.21. The topological polar surface area (TPSA) is 76.1 Å². The number of nitrogens with zero attached hydrogens (tertiary/aromatic N) is 1. The van der Waals surface area contributed by atoms with Gasteiger partial charge >= 0.3 is 0 Å². The van der Waals surface area contributed by atoms with Crippen molar-refractivity contribution in [3.8, 4) is 11.5 Å². The van der Waals surface area contributed by atoms with E-state index in [0.29, 0.717) is 17.2 Å². The van der Waals surface area contributed by atoms with Crippen molar-refractivity contribution < 1.29 is 23.0 Å². The summed E-state index contributed by atoms with van der Waals surface area (Å²) in [6.07, 6.45) is 0. The van der Waals surface area contributed by atoms with Gasteiger partial charge in [0.2, 0.25) is 0 Å². The van der Waals surface area contributed by atoms with Gasteiger partial charge in [0.25, 0.3) is 10.0 Å². The van der Waals surface area contributed by atoms with Crippen molar-refractivity contribution in [2.75, 3.05) is 24.6 Å². The maximum atomic E-state index is 13.5. The molecule has 0 saturated carbocycles. The quantitative estimate of drug-likeness (QED) is 0.581. The molecule has 0 amide bonds. The lowest BCUT2D eigenvalue weighted by atomic mass is 10.2. The van der Waals surface area contributed by atoms with Crippen LogP contribution >= 0.6 is 0 Å². The molecular formula is C22H23NO5S. The number of para-hydroxylation sites is 2. The molecule has 0 atom stereocenters. The number of methoxy groups -OCH3 is 1. The highest BCUT2D eigenvalue weighted by molar-refractivity contribution is 7.92. The van der Waals surface area contributed by atoms with Crippen LogP contribution < -0.4 is 13.8 Å². The highest BCUT2D eigenvalue weighted by Crippen LogP contribution is 2.34. The van der Waals surface area contributed by atoms with Crippen LogP contribution in [0.4, 0.5) is 5.69 Å². The molecule has 3 aromatic carbocycles. The molecule has 1 N–H and O–H groups in total. The minimum absolute atomic E-state index is 0.0682. The molecule has 0 aliphatic heterocycles. The second kappa shape index (κ2) is 9.45. The van der Waals surface area contributed by atoms with E-state index >= 15 is 0 Å². The van der Waals surface area contributed by atoms with Crippen LogP contribution in [0, 0.1) is 0 Å². The van der Waals surface area contributed by atoms with Crippen molar-refractivity contribution in [3.05, 3.63) is 84.4 Å². The van der Waals surface area contributed by atoms with Gasteiger partial charge in [-0.15, -0.1) is 0 Å². The van der Waals surface area contributed by atoms with Crippen molar-refractivity contribution in [2.24, 2.45) is 0 Å². The standard InChI is InChI=1S/C22H23NO5S/c1-27-19-11-13-20(14-12-19)29(25,26)23(17-18-7-3-2-4-8-18)21-9-5-6-10-22(21)28-16-15-24/h2-14,24H,15-17H2,1H3. The van der Waals surface area contributed by atoms with Gasteiger partial charge in [-0.2, -0.15) is 0 Å². The van der Waals surface area contributed by atoms with E-state index in [2.05, 4.69) is 0 Å². The summed E-state index contributed by atoms with van der Waals surface area (Å²) in [6.45, 7) is 0.0335. The van der Waals surface area contributed by atoms with Crippen LogP contribution in [0.15, 0.2) is 83.8 Å². The summed E-state index contributed by atoms with van der Waals surface area (Å²) in [5.74, 6) is 0.958. The summed E-state index contributed by atoms with van der Waals surface area (Å²) < 4.78 is 39.1. The molecule has 7 heteroatoms. The number of rotatable bonds is 9. The number of aliphatic hydroxyl groups is 1. The highest BCUT2D eigenvalue weighted by atomic mass is 32.2. The van der Waals surface area contributed by atoms with Gasteiger partial charge in [-0.05, 0) is 42.0 Å². The Kier molecular flexibility index (Phi) is 6.74. The lowest BCUT2D eigenvalue weighted by molar-refractivity contribution is 0.202. The summed E-state index contributed by atoms with van der Waals surface area (Å²) in [5, 5.41) is 9.11. The fourth-order valence-corrected chi connectivity index (χ4v) is 4.33. The van der Waals surface area contributed by atoms with E-state index in [9.17, 15) is 8.42 Å². The van der Waals surface area contributed by atoms with Gasteiger partial charge in [-0.25, -0.2) is 8.42 Å². The highest BCUT2D eigenvalue weighted by Gasteiger charge is 2.27. The van der Waals surface area contributed by atoms with E-state index in [0.717, 1.165) is 5.56 Å². The molecule has 3 aromatic rings. The molecule has 0 aliphatic rings. The second-order valence-corrected chi connectivity index (χ2v) is 8.07. The van der Waals surface area contributed by atoms with Gasteiger partial charge in [0.05, 0.1) is 30.8 Å². The smallest absolute Gasteiger partial charge is 0.264 e. The van der Waals surface area contributed by atoms with Crippen LogP contribution in [0.1, 0.15) is 5.56 Å². The maximum absolute atomic E-state index is 13.5. The molecule has 0 heterocycles. The number of hydrogen-bond donors (Lipinski definition) is 1. The van der Waals surface area contributed by atoms with Gasteiger partial charge in [0.1, 0.15) is 18.1 Å². The first-order valence-electron chi connectivity index (χ1n) is 9.09. The summed E-state index contributed by atoms with van der Waals surface area (Å²) >= 11 is 0. The molecule has 0 fully saturated rings. The first kappa shape index (κ1) is 20.7. The van der Waals surface area contributed by atoms with Crippen molar-refractivity contribution in [2.45, 2.75) is 11.4 Å². The SMILES string of the molecule is COc1ccc(S(=O)(=O)N(Cc2ccccc2)c2ccccc2OCCO)cc1. The van der Waals surface area contributed by atoms with Crippen molar-refractivity contribution in [1.82, 2.24) is 0 Å². The van der Waals surface area contributed by atoms with E-state index in [1.807, 2.05) is 30.3 Å². The first-order chi connectivity index (χ1) is 14.1. The van der Waals surface area contributed by atoms with Crippen LogP contribution in [0.25, 0.3) is 0 Å². The lowest BCUT2D eigenvalue weighted by Gasteiger charge is -2.26. The lowest BCUT2D eigenvalue weighted by Crippen LogP contribution is -2.31. The predicted octanol–water partition coefficient (Wildman–Crippen LogP) is 3.46. The number of sulfonamides is 1. The molecule has 0 saturated heterocycles. The van der Waals surface area contributed by atoms with Crippen LogP contribution in [-0.4, -0.2) is 33.8 Å². The number of hydrogen-bond acceptors (Lipinski definition) is 5. The number of benzene rings is 3. The third-order valence-electron chi connectivity index (χ3n) is 4.30. The molecule has 6 nitrogen and oxygen atoms in total. The Balaban J connectivity index is 2.08. The molecule has 0 bridgehead atoms. The van der Waals surface area contributed by atoms with Crippen LogP contribution in [0.3, 0.4) is 0 Å². The first-order valence-corrected chi connectivity index (χ1v) is 10.5. The van der Waals surface area contributed by atoms with E-state index in [4.69, 9.17) is 14.6 Å². The van der Waals surface area contributed by atoms with Gasteiger partial charge in [-0.1, -0.05) is 42.5 Å². The van der Waals surface area contributed by atoms with E-state index in [1.54, 1.807) is 36.4 Å². The monoisotopic (exact) mass is 413 g/mol. The Hall–Kier alpha value is -3.03. The average molecular weight is 413 g/mol. The molecular weight excluding hydrogens is 390 g/mol. The maximum Gasteiger partial charge on any atom is 0.264 e. The Labute approximate surface area is 171 Å². The fraction of sp³-hybridized carbons (Fsp3) is 0.182. The zero-order valence-corrected chi connectivity index (χ0v) is 16.9. The van der Waals surface area contributed by atoms with Gasteiger partial charge < -0.3 is 14.6 Å². The van der Waals surface area contributed by atoms with E-state index < -0.39 is 10.0 Å². The third kappa shape index (κ3) is 4.88. The van der Waals surface area contributed by atoms with Gasteiger partial charge in [0, 0.05) is 0 Å². The van der Waals surface area contributed by atoms with Crippen molar-refractivity contribution in [1.29, 1.82) is 0 Å². The fourth-order valence-electron chi connectivity index (χ4n) is 2.86. The largest absolute Gasteiger partial charge is 0.497 e. The molecule has 0 radical (unpaired) electrons. The summed E-state index contributed by atoms with van der Waals surface area (Å²) in [6, 6.07) is 22.5. The molecule has 29 heavy (non-hydrogen) atoms. The van der Waals surface area contributed by atoms with Crippen LogP contribution in [0.5, 0.6) is 11.5 Å². The van der Waals surface area contributed by atoms with E-state index in [1.165, 1.54) is 23.5 Å². The summed E-state index contributed by atoms with van der Waals surface area (Å²) in [5.41, 5.74) is 1.24. The predicted molar refractivity (Wildman–Crippen MR) is 112 cm³/mol. The number of ether oxygens (including phenoxy) is 2. The normalized spacial score (nSPS) is 11.1. The summed E-state index contributed by atoms with van der Waals surface area (Å²) in [4.78, 5) is 0.145. The minimum Gasteiger partial charge on any atom is -0.497 e. The Morgan fingerprint density at radius 3 is 2.21 bits per heavy atom. The number of anilines is 1. The molecule has 0 spiro atoms. The van der Waals surface area contributed by atoms with Crippen molar-refractivity contribution in [3.63, 3.8) is 0 Å². The summed E-state index contributed by atoms with van der Waals surface area (Å²) in [7, 11) is -2.36. The average Bonchev–Trinajstić information content (AvgIpc) is 2.77. The Bertz CT molecular complexity index is 1020. The Morgan fingerprint density at radius 2 is 1.55 bits per heavy atom. The van der Waals surface area contributed by atoms with Crippen molar-refractivity contribution >= 4 is 15.7 Å². The van der Waals surface area contributed by atoms with E-state index in [-0.39, 0.29) is 24.7 Å². The third-order valence-corrected chi connectivity index (χ3v) is 6.07. The molecule has 0 unspecified atom stereocenters. The van der Waals surface area contributed by atoms with Gasteiger partial charge in [0.15, 0.2) is 0 Å². The van der Waals surface area contributed by atoms with Crippen LogP contribution in [0.2, 0.25) is 0 Å². The van der Waals surface area contributed by atoms with Gasteiger partial charge in [-0.3, -0.25) is 4.31 Å². The molecule has 0 aliphatic carbocycles. The Morgan fingerprint density at radius 1 is 0.897 bits per heavy atom. The van der Waals surface area contributed by atoms with Crippen LogP contribution in [-0.2, 0) is 16.6 Å².